The van der Waals surface area contributed by atoms with Crippen molar-refractivity contribution in [2.24, 2.45) is 0 Å². The highest BCUT2D eigenvalue weighted by Crippen LogP contribution is 2.23. The summed E-state index contributed by atoms with van der Waals surface area (Å²) in [5.74, 6) is 1.78. The average molecular weight is 301 g/mol. The lowest BCUT2D eigenvalue weighted by atomic mass is 10.1. The van der Waals surface area contributed by atoms with Crippen molar-refractivity contribution in [3.05, 3.63) is 41.6 Å². The highest BCUT2D eigenvalue weighted by atomic mass is 32.1. The van der Waals surface area contributed by atoms with Gasteiger partial charge in [0.25, 0.3) is 0 Å². The van der Waals surface area contributed by atoms with Gasteiger partial charge >= 0.3 is 0 Å². The molecule has 1 aliphatic heterocycles. The Morgan fingerprint density at radius 1 is 1.48 bits per heavy atom. The van der Waals surface area contributed by atoms with Crippen LogP contribution in [0.5, 0.6) is 0 Å². The van der Waals surface area contributed by atoms with E-state index in [0.29, 0.717) is 18.5 Å². The molecule has 0 unspecified atom stereocenters. The average Bonchev–Trinajstić information content (AvgIpc) is 3.24. The first-order chi connectivity index (χ1) is 10.4. The lowest BCUT2D eigenvalue weighted by Gasteiger charge is -2.23. The van der Waals surface area contributed by atoms with Gasteiger partial charge in [-0.05, 0) is 17.9 Å². The second-order valence-corrected chi connectivity index (χ2v) is 6.04. The van der Waals surface area contributed by atoms with E-state index in [9.17, 15) is 0 Å². The van der Waals surface area contributed by atoms with E-state index in [1.807, 2.05) is 22.2 Å². The lowest BCUT2D eigenvalue weighted by molar-refractivity contribution is 0.356. The van der Waals surface area contributed by atoms with Crippen molar-refractivity contribution in [3.8, 4) is 10.8 Å². The number of rotatable bonds is 4. The van der Waals surface area contributed by atoms with Gasteiger partial charge in [0.05, 0.1) is 17.1 Å². The maximum absolute atomic E-state index is 5.52. The molecular weight excluding hydrogens is 286 g/mol. The van der Waals surface area contributed by atoms with Crippen LogP contribution in [-0.2, 0) is 19.5 Å². The molecule has 0 saturated heterocycles. The topological polar surface area (TPSA) is 68.8 Å². The third kappa shape index (κ3) is 2.62. The van der Waals surface area contributed by atoms with Gasteiger partial charge in [0.1, 0.15) is 18.4 Å². The van der Waals surface area contributed by atoms with Gasteiger partial charge in [0, 0.05) is 19.0 Å². The highest BCUT2D eigenvalue weighted by Gasteiger charge is 2.19. The van der Waals surface area contributed by atoms with E-state index in [2.05, 4.69) is 20.4 Å². The van der Waals surface area contributed by atoms with Gasteiger partial charge in [0.2, 0.25) is 5.89 Å². The van der Waals surface area contributed by atoms with Crippen LogP contribution < -0.4 is 5.32 Å². The van der Waals surface area contributed by atoms with Gasteiger partial charge in [-0.25, -0.2) is 14.6 Å². The summed E-state index contributed by atoms with van der Waals surface area (Å²) in [6.45, 7) is 1.58. The van der Waals surface area contributed by atoms with Crippen LogP contribution in [-0.4, -0.2) is 25.8 Å². The van der Waals surface area contributed by atoms with Gasteiger partial charge in [-0.3, -0.25) is 0 Å². The molecule has 3 aromatic rings. The van der Waals surface area contributed by atoms with Crippen molar-refractivity contribution >= 4 is 11.3 Å². The van der Waals surface area contributed by atoms with Crippen LogP contribution in [0.25, 0.3) is 10.8 Å². The summed E-state index contributed by atoms with van der Waals surface area (Å²) in [5, 5.41) is 9.78. The third-order valence-electron chi connectivity index (χ3n) is 3.66. The van der Waals surface area contributed by atoms with E-state index in [0.717, 1.165) is 35.8 Å². The first-order valence-electron chi connectivity index (χ1n) is 6.97. The fraction of sp³-hybridized carbons (Fsp3) is 0.357. The lowest BCUT2D eigenvalue weighted by Crippen LogP contribution is -2.37. The number of oxazole rings is 1. The Kier molecular flexibility index (Phi) is 3.28. The Bertz CT molecular complexity index is 717. The summed E-state index contributed by atoms with van der Waals surface area (Å²) < 4.78 is 7.50. The largest absolute Gasteiger partial charge is 0.444 e. The molecule has 4 rings (SSSR count). The van der Waals surface area contributed by atoms with Crippen molar-refractivity contribution in [3.63, 3.8) is 0 Å². The predicted molar refractivity (Wildman–Crippen MR) is 78.8 cm³/mol. The molecule has 1 atom stereocenters. The normalized spacial score (nSPS) is 17.8. The van der Waals surface area contributed by atoms with E-state index in [4.69, 9.17) is 4.42 Å². The molecule has 0 fully saturated rings. The number of hydrogen-bond donors (Lipinski definition) is 1. The molecule has 6 nitrogen and oxygen atoms in total. The molecule has 4 heterocycles. The summed E-state index contributed by atoms with van der Waals surface area (Å²) in [7, 11) is 0. The Morgan fingerprint density at radius 3 is 3.38 bits per heavy atom. The molecule has 0 saturated carbocycles. The second-order valence-electron chi connectivity index (χ2n) is 5.10. The molecule has 1 aliphatic rings. The van der Waals surface area contributed by atoms with Gasteiger partial charge in [0.15, 0.2) is 0 Å². The van der Waals surface area contributed by atoms with E-state index < -0.39 is 0 Å². The third-order valence-corrected chi connectivity index (χ3v) is 4.52. The van der Waals surface area contributed by atoms with Crippen LogP contribution in [0.4, 0.5) is 0 Å². The number of nitrogens with one attached hydrogen (secondary N) is 1. The SMILES string of the molecule is c1csc(-c2nc(CN[C@H]3CCc4ncnn4C3)co2)c1. The zero-order valence-corrected chi connectivity index (χ0v) is 12.2. The van der Waals surface area contributed by atoms with E-state index in [1.54, 1.807) is 23.9 Å². The Hall–Kier alpha value is -1.99. The highest BCUT2D eigenvalue weighted by molar-refractivity contribution is 7.13. The number of aryl methyl sites for hydroxylation is 1. The van der Waals surface area contributed by atoms with Crippen molar-refractivity contribution in [1.82, 2.24) is 25.1 Å². The van der Waals surface area contributed by atoms with Gasteiger partial charge in [-0.2, -0.15) is 5.10 Å². The summed E-state index contributed by atoms with van der Waals surface area (Å²) in [6.07, 6.45) is 5.40. The van der Waals surface area contributed by atoms with Crippen molar-refractivity contribution in [1.29, 1.82) is 0 Å². The smallest absolute Gasteiger partial charge is 0.236 e. The maximum Gasteiger partial charge on any atom is 0.236 e. The molecular formula is C14H15N5OS. The number of aromatic nitrogens is 4. The number of thiophene rings is 1. The van der Waals surface area contributed by atoms with Crippen molar-refractivity contribution in [2.75, 3.05) is 0 Å². The van der Waals surface area contributed by atoms with Crippen LogP contribution in [0.15, 0.2) is 34.5 Å². The minimum Gasteiger partial charge on any atom is -0.444 e. The van der Waals surface area contributed by atoms with Crippen molar-refractivity contribution in [2.45, 2.75) is 32.0 Å². The summed E-state index contributed by atoms with van der Waals surface area (Å²) in [5.41, 5.74) is 0.933. The fourth-order valence-electron chi connectivity index (χ4n) is 2.55. The van der Waals surface area contributed by atoms with Crippen LogP contribution in [0, 0.1) is 0 Å². The summed E-state index contributed by atoms with van der Waals surface area (Å²) in [6, 6.07) is 4.42. The zero-order chi connectivity index (χ0) is 14.1. The molecule has 7 heteroatoms. The number of nitrogens with zero attached hydrogens (tertiary/aromatic N) is 4. The monoisotopic (exact) mass is 301 g/mol. The first kappa shape index (κ1) is 12.7. The molecule has 1 N–H and O–H groups in total. The van der Waals surface area contributed by atoms with Crippen LogP contribution in [0.2, 0.25) is 0 Å². The quantitative estimate of drug-likeness (QED) is 0.799. The maximum atomic E-state index is 5.52. The predicted octanol–water partition coefficient (Wildman–Crippen LogP) is 2.10. The van der Waals surface area contributed by atoms with Crippen LogP contribution in [0.1, 0.15) is 17.9 Å². The first-order valence-corrected chi connectivity index (χ1v) is 7.85. The van der Waals surface area contributed by atoms with Crippen molar-refractivity contribution < 1.29 is 4.42 Å². The molecule has 0 bridgehead atoms. The molecule has 3 aromatic heterocycles. The fourth-order valence-corrected chi connectivity index (χ4v) is 3.21. The standard InChI is InChI=1S/C14H15N5OS/c1-2-12(21-5-1)14-18-11(8-20-14)6-15-10-3-4-13-16-9-17-19(13)7-10/h1-2,5,8-10,15H,3-4,6-7H2/t10-/m0/s1. The minimum absolute atomic E-state index is 0.404. The Balaban J connectivity index is 1.37. The number of fused-ring (bicyclic) bond motifs is 1. The minimum atomic E-state index is 0.404. The molecule has 0 spiro atoms. The van der Waals surface area contributed by atoms with Gasteiger partial charge < -0.3 is 9.73 Å². The Morgan fingerprint density at radius 2 is 2.48 bits per heavy atom. The second kappa shape index (κ2) is 5.42. The molecule has 0 amide bonds. The number of hydrogen-bond acceptors (Lipinski definition) is 6. The van der Waals surface area contributed by atoms with Gasteiger partial charge in [-0.1, -0.05) is 6.07 Å². The Labute approximate surface area is 125 Å². The van der Waals surface area contributed by atoms with Gasteiger partial charge in [-0.15, -0.1) is 11.3 Å². The van der Waals surface area contributed by atoms with E-state index in [-0.39, 0.29) is 0 Å². The zero-order valence-electron chi connectivity index (χ0n) is 11.4. The van der Waals surface area contributed by atoms with Crippen LogP contribution >= 0.6 is 11.3 Å². The van der Waals surface area contributed by atoms with E-state index in [1.165, 1.54) is 0 Å². The molecule has 0 aromatic carbocycles. The molecule has 21 heavy (non-hydrogen) atoms. The molecule has 108 valence electrons. The molecule has 0 radical (unpaired) electrons. The summed E-state index contributed by atoms with van der Waals surface area (Å²) in [4.78, 5) is 9.82. The summed E-state index contributed by atoms with van der Waals surface area (Å²) >= 11 is 1.63. The van der Waals surface area contributed by atoms with E-state index >= 15 is 0 Å². The molecule has 0 aliphatic carbocycles. The van der Waals surface area contributed by atoms with Crippen LogP contribution in [0.3, 0.4) is 0 Å².